The zero-order chi connectivity index (χ0) is 21.4. The number of nitrogens with zero attached hydrogens (tertiary/aromatic N) is 3. The summed E-state index contributed by atoms with van der Waals surface area (Å²) in [6.45, 7) is 1.89. The third kappa shape index (κ3) is 3.64. The topological polar surface area (TPSA) is 58.2 Å². The molecule has 5 rings (SSSR count). The summed E-state index contributed by atoms with van der Waals surface area (Å²) in [5.41, 5.74) is 3.50. The Balaban J connectivity index is 1.61. The van der Waals surface area contributed by atoms with Gasteiger partial charge in [-0.3, -0.25) is 9.69 Å². The molecule has 0 atom stereocenters. The van der Waals surface area contributed by atoms with Crippen LogP contribution in [0.2, 0.25) is 0 Å². The minimum Gasteiger partial charge on any atom is -0.465 e. The molecule has 0 spiro atoms. The highest BCUT2D eigenvalue weighted by Gasteiger charge is 2.35. The smallest absolute Gasteiger partial charge is 0.282 e. The number of carbonyl (C=O) groups is 1. The quantitative estimate of drug-likeness (QED) is 0.567. The average molecular weight is 411 g/mol. The van der Waals surface area contributed by atoms with Crippen molar-refractivity contribution >= 4 is 29.2 Å². The molecule has 0 bridgehead atoms. The molecule has 0 aliphatic carbocycles. The standard InChI is InChI=1S/C25H18FN3O2/c1-16-9-10-20(26)19(12-16)23-15-29-24(21(27-23)13-17-6-3-2-4-7-17)28-22(25(29)30)14-18-8-5-11-31-18/h2-12,14-15H,13H2,1H3/b22-14-. The van der Waals surface area contributed by atoms with Gasteiger partial charge in [0.1, 0.15) is 17.3 Å². The van der Waals surface area contributed by atoms with Gasteiger partial charge in [-0.2, -0.15) is 0 Å². The van der Waals surface area contributed by atoms with E-state index in [4.69, 9.17) is 9.41 Å². The van der Waals surface area contributed by atoms with E-state index in [1.807, 2.05) is 37.3 Å². The van der Waals surface area contributed by atoms with Crippen LogP contribution in [0.4, 0.5) is 4.39 Å². The Morgan fingerprint density at radius 3 is 2.68 bits per heavy atom. The number of furan rings is 1. The first-order valence-electron chi connectivity index (χ1n) is 9.86. The molecule has 2 aromatic carbocycles. The third-order valence-electron chi connectivity index (χ3n) is 5.09. The fourth-order valence-corrected chi connectivity index (χ4v) is 3.58. The lowest BCUT2D eigenvalue weighted by molar-refractivity contribution is -0.120. The van der Waals surface area contributed by atoms with Crippen molar-refractivity contribution < 1.29 is 13.6 Å². The molecule has 5 nitrogen and oxygen atoms in total. The first-order valence-corrected chi connectivity index (χ1v) is 9.86. The second-order valence-electron chi connectivity index (χ2n) is 7.37. The van der Waals surface area contributed by atoms with Crippen molar-refractivity contribution in [1.82, 2.24) is 4.90 Å². The molecule has 152 valence electrons. The van der Waals surface area contributed by atoms with Crippen LogP contribution in [0.25, 0.3) is 11.8 Å². The summed E-state index contributed by atoms with van der Waals surface area (Å²) in [5.74, 6) is 0.280. The summed E-state index contributed by atoms with van der Waals surface area (Å²) < 4.78 is 19.9. The molecule has 0 fully saturated rings. The van der Waals surface area contributed by atoms with Crippen molar-refractivity contribution in [3.63, 3.8) is 0 Å². The Hall–Kier alpha value is -4.06. The Morgan fingerprint density at radius 2 is 1.90 bits per heavy atom. The number of halogens is 1. The number of aliphatic imine (C=N–C) groups is 2. The van der Waals surface area contributed by atoms with Gasteiger partial charge in [0, 0.05) is 24.3 Å². The summed E-state index contributed by atoms with van der Waals surface area (Å²) in [6, 6.07) is 18.1. The van der Waals surface area contributed by atoms with Gasteiger partial charge in [-0.25, -0.2) is 14.4 Å². The minimum atomic E-state index is -0.391. The fraction of sp³-hybridized carbons (Fsp3) is 0.0800. The van der Waals surface area contributed by atoms with E-state index >= 15 is 0 Å². The van der Waals surface area contributed by atoms with Crippen LogP contribution in [0, 0.1) is 12.7 Å². The predicted octanol–water partition coefficient (Wildman–Crippen LogP) is 5.00. The van der Waals surface area contributed by atoms with Crippen LogP contribution in [0.3, 0.4) is 0 Å². The van der Waals surface area contributed by atoms with Crippen LogP contribution in [-0.4, -0.2) is 22.4 Å². The Labute approximate surface area is 178 Å². The van der Waals surface area contributed by atoms with Gasteiger partial charge < -0.3 is 4.42 Å². The number of hydrogen-bond donors (Lipinski definition) is 0. The summed E-state index contributed by atoms with van der Waals surface area (Å²) >= 11 is 0. The van der Waals surface area contributed by atoms with E-state index < -0.39 is 5.82 Å². The van der Waals surface area contributed by atoms with E-state index in [9.17, 15) is 9.18 Å². The number of carbonyl (C=O) groups excluding carboxylic acids is 1. The van der Waals surface area contributed by atoms with Crippen LogP contribution in [0.1, 0.15) is 22.5 Å². The number of rotatable bonds is 4. The van der Waals surface area contributed by atoms with Crippen molar-refractivity contribution in [1.29, 1.82) is 0 Å². The lowest BCUT2D eigenvalue weighted by Crippen LogP contribution is -2.36. The predicted molar refractivity (Wildman–Crippen MR) is 118 cm³/mol. The van der Waals surface area contributed by atoms with E-state index in [-0.39, 0.29) is 11.6 Å². The first kappa shape index (κ1) is 18.9. The van der Waals surface area contributed by atoms with Crippen LogP contribution in [-0.2, 0) is 11.2 Å². The molecule has 3 heterocycles. The van der Waals surface area contributed by atoms with E-state index in [0.717, 1.165) is 11.1 Å². The largest absolute Gasteiger partial charge is 0.465 e. The maximum Gasteiger partial charge on any atom is 0.282 e. The normalized spacial score (nSPS) is 16.8. The number of hydrogen-bond acceptors (Lipinski definition) is 4. The number of amidine groups is 1. The van der Waals surface area contributed by atoms with Crippen LogP contribution < -0.4 is 0 Å². The SMILES string of the molecule is Cc1ccc(F)c(C2=CN3C(=O)/C(=C/c4ccco4)N=C3C(Cc3ccccc3)=N2)c1. The molecule has 0 saturated carbocycles. The molecule has 3 aromatic rings. The molecule has 0 N–H and O–H groups in total. The van der Waals surface area contributed by atoms with E-state index in [2.05, 4.69) is 4.99 Å². The van der Waals surface area contributed by atoms with Gasteiger partial charge in [0.2, 0.25) is 0 Å². The highest BCUT2D eigenvalue weighted by atomic mass is 19.1. The molecule has 1 aromatic heterocycles. The molecule has 31 heavy (non-hydrogen) atoms. The summed E-state index contributed by atoms with van der Waals surface area (Å²) in [6.07, 6.45) is 5.14. The van der Waals surface area contributed by atoms with Gasteiger partial charge in [0.05, 0.1) is 17.7 Å². The maximum absolute atomic E-state index is 14.6. The summed E-state index contributed by atoms with van der Waals surface area (Å²) in [4.78, 5) is 23.8. The minimum absolute atomic E-state index is 0.243. The number of benzene rings is 2. The monoisotopic (exact) mass is 411 g/mol. The van der Waals surface area contributed by atoms with Crippen molar-refractivity contribution in [2.24, 2.45) is 9.98 Å². The second-order valence-corrected chi connectivity index (χ2v) is 7.37. The summed E-state index contributed by atoms with van der Waals surface area (Å²) in [7, 11) is 0. The molecule has 0 unspecified atom stereocenters. The van der Waals surface area contributed by atoms with Gasteiger partial charge in [0.25, 0.3) is 5.91 Å². The lowest BCUT2D eigenvalue weighted by Gasteiger charge is -2.22. The molecule has 2 aliphatic rings. The molecule has 6 heteroatoms. The van der Waals surface area contributed by atoms with Crippen molar-refractivity contribution in [2.75, 3.05) is 0 Å². The van der Waals surface area contributed by atoms with Crippen LogP contribution in [0.15, 0.2) is 93.2 Å². The van der Waals surface area contributed by atoms with Crippen LogP contribution >= 0.6 is 0 Å². The van der Waals surface area contributed by atoms with Gasteiger partial charge in [-0.1, -0.05) is 42.0 Å². The molecule has 1 amide bonds. The molecule has 0 saturated heterocycles. The summed E-state index contributed by atoms with van der Waals surface area (Å²) in [5, 5.41) is 0. The number of aryl methyl sites for hydroxylation is 1. The molecular formula is C25H18FN3O2. The van der Waals surface area contributed by atoms with E-state index in [1.54, 1.807) is 36.5 Å². The average Bonchev–Trinajstić information content (AvgIpc) is 3.40. The Bertz CT molecular complexity index is 1290. The zero-order valence-corrected chi connectivity index (χ0v) is 16.7. The Morgan fingerprint density at radius 1 is 1.06 bits per heavy atom. The van der Waals surface area contributed by atoms with Crippen molar-refractivity contribution in [3.05, 3.63) is 107 Å². The maximum atomic E-state index is 14.6. The van der Waals surface area contributed by atoms with Gasteiger partial charge >= 0.3 is 0 Å². The number of fused-ring (bicyclic) bond motifs is 1. The first-order chi connectivity index (χ1) is 15.1. The highest BCUT2D eigenvalue weighted by Crippen LogP contribution is 2.30. The molecular weight excluding hydrogens is 393 g/mol. The number of amides is 1. The van der Waals surface area contributed by atoms with Gasteiger partial charge in [-0.05, 0) is 36.8 Å². The van der Waals surface area contributed by atoms with E-state index in [1.165, 1.54) is 17.2 Å². The molecule has 2 aliphatic heterocycles. The molecule has 0 radical (unpaired) electrons. The fourth-order valence-electron chi connectivity index (χ4n) is 3.58. The zero-order valence-electron chi connectivity index (χ0n) is 16.7. The second kappa shape index (κ2) is 7.65. The third-order valence-corrected chi connectivity index (χ3v) is 5.09. The highest BCUT2D eigenvalue weighted by molar-refractivity contribution is 6.48. The van der Waals surface area contributed by atoms with Gasteiger partial charge in [0.15, 0.2) is 5.84 Å². The van der Waals surface area contributed by atoms with Gasteiger partial charge in [-0.15, -0.1) is 0 Å². The van der Waals surface area contributed by atoms with E-state index in [0.29, 0.717) is 35.0 Å². The Kier molecular flexibility index (Phi) is 4.67. The van der Waals surface area contributed by atoms with Crippen molar-refractivity contribution in [3.8, 4) is 0 Å². The van der Waals surface area contributed by atoms with Crippen LogP contribution in [0.5, 0.6) is 0 Å². The lowest BCUT2D eigenvalue weighted by atomic mass is 10.0. The van der Waals surface area contributed by atoms with Crippen molar-refractivity contribution in [2.45, 2.75) is 13.3 Å².